The highest BCUT2D eigenvalue weighted by molar-refractivity contribution is 7.85. The maximum atomic E-state index is 15.2. The third kappa shape index (κ3) is 5.23. The topological polar surface area (TPSA) is 55.7 Å². The molecule has 0 unspecified atom stereocenters. The van der Waals surface area contributed by atoms with Gasteiger partial charge in [-0.2, -0.15) is 0 Å². The van der Waals surface area contributed by atoms with E-state index >= 15 is 4.57 Å². The molecule has 0 N–H and O–H groups in total. The summed E-state index contributed by atoms with van der Waals surface area (Å²) in [6, 6.07) is 65.4. The number of nitrogens with zero attached hydrogens (tertiary/aromatic N) is 3. The lowest BCUT2D eigenvalue weighted by Crippen LogP contribution is -2.24. The summed E-state index contributed by atoms with van der Waals surface area (Å²) in [5.74, 6) is 0.683. The van der Waals surface area contributed by atoms with Crippen LogP contribution in [-0.2, 0) is 4.57 Å². The molecule has 0 saturated carbocycles. The van der Waals surface area contributed by atoms with Crippen LogP contribution in [0.1, 0.15) is 0 Å². The molecule has 54 heavy (non-hydrogen) atoms. The molecule has 0 spiro atoms. The highest BCUT2D eigenvalue weighted by atomic mass is 31.2. The van der Waals surface area contributed by atoms with E-state index in [1.165, 1.54) is 0 Å². The molecular formula is C49H32N3OP. The molecule has 4 nitrogen and oxygen atoms in total. The summed E-state index contributed by atoms with van der Waals surface area (Å²) >= 11 is 0. The standard InChI is InChI=1S/C49H32N3OP/c53-54(35-18-6-2-7-19-35,36-20-8-3-9-21-36)37-30-28-33(29-31-37)47-43-32-42(38-22-10-11-23-39(38)46(43)40-24-12-14-26-44(40)50-47)48-41-25-13-15-27-45(41)51-49(52-48)34-16-4-1-5-17-34/h1-32H. The molecule has 0 fully saturated rings. The van der Waals surface area contributed by atoms with Crippen molar-refractivity contribution < 1.29 is 4.57 Å². The summed E-state index contributed by atoms with van der Waals surface area (Å²) in [7, 11) is -3.14. The second-order valence-corrected chi connectivity index (χ2v) is 16.2. The van der Waals surface area contributed by atoms with Crippen LogP contribution in [0.5, 0.6) is 0 Å². The van der Waals surface area contributed by atoms with E-state index in [-0.39, 0.29) is 0 Å². The Balaban J connectivity index is 1.24. The Morgan fingerprint density at radius 3 is 1.50 bits per heavy atom. The lowest BCUT2D eigenvalue weighted by molar-refractivity contribution is 0.592. The highest BCUT2D eigenvalue weighted by Gasteiger charge is 2.29. The number of aromatic nitrogens is 3. The van der Waals surface area contributed by atoms with Gasteiger partial charge < -0.3 is 4.57 Å². The monoisotopic (exact) mass is 709 g/mol. The Morgan fingerprint density at radius 1 is 0.352 bits per heavy atom. The van der Waals surface area contributed by atoms with Crippen molar-refractivity contribution in [2.24, 2.45) is 0 Å². The summed E-state index contributed by atoms with van der Waals surface area (Å²) < 4.78 is 15.2. The van der Waals surface area contributed by atoms with Crippen LogP contribution in [0.25, 0.3) is 77.3 Å². The van der Waals surface area contributed by atoms with Gasteiger partial charge in [0.25, 0.3) is 0 Å². The SMILES string of the molecule is O=P(c1ccccc1)(c1ccccc1)c1ccc(-c2nc3ccccc3c3c2cc(-c2nc(-c4ccccc4)nc4ccccc24)c2ccccc23)cc1. The normalized spacial score (nSPS) is 11.8. The Labute approximate surface area is 312 Å². The van der Waals surface area contributed by atoms with Gasteiger partial charge in [-0.15, -0.1) is 0 Å². The first-order valence-electron chi connectivity index (χ1n) is 18.1. The van der Waals surface area contributed by atoms with Crippen molar-refractivity contribution >= 4 is 66.4 Å². The Bertz CT molecular complexity index is 3010. The van der Waals surface area contributed by atoms with Crippen molar-refractivity contribution in [2.75, 3.05) is 0 Å². The van der Waals surface area contributed by atoms with Crippen LogP contribution in [0.3, 0.4) is 0 Å². The molecule has 8 aromatic carbocycles. The fourth-order valence-electron chi connectivity index (χ4n) is 7.78. The molecule has 2 heterocycles. The third-order valence-electron chi connectivity index (χ3n) is 10.3. The minimum atomic E-state index is -3.14. The van der Waals surface area contributed by atoms with Crippen LogP contribution in [0.2, 0.25) is 0 Å². The number of hydrogen-bond acceptors (Lipinski definition) is 4. The average Bonchev–Trinajstić information content (AvgIpc) is 3.26. The molecule has 0 amide bonds. The van der Waals surface area contributed by atoms with Crippen LogP contribution in [-0.4, -0.2) is 15.0 Å². The number of rotatable bonds is 6. The molecule has 0 bridgehead atoms. The second-order valence-electron chi connectivity index (χ2n) is 13.5. The third-order valence-corrected chi connectivity index (χ3v) is 13.4. The predicted octanol–water partition coefficient (Wildman–Crippen LogP) is 11.1. The first-order chi connectivity index (χ1) is 26.7. The van der Waals surface area contributed by atoms with E-state index < -0.39 is 7.14 Å². The number of hydrogen-bond donors (Lipinski definition) is 0. The van der Waals surface area contributed by atoms with Crippen molar-refractivity contribution in [2.45, 2.75) is 0 Å². The van der Waals surface area contributed by atoms with Gasteiger partial charge in [0, 0.05) is 54.1 Å². The molecule has 5 heteroatoms. The molecule has 2 aromatic heterocycles. The van der Waals surface area contributed by atoms with E-state index in [9.17, 15) is 0 Å². The summed E-state index contributed by atoms with van der Waals surface area (Å²) in [6.07, 6.45) is 0. The van der Waals surface area contributed by atoms with Crippen molar-refractivity contribution in [3.8, 4) is 33.9 Å². The van der Waals surface area contributed by atoms with E-state index in [1.807, 2.05) is 109 Å². The molecule has 0 saturated heterocycles. The van der Waals surface area contributed by atoms with Crippen LogP contribution in [0.15, 0.2) is 194 Å². The molecule has 0 aliphatic rings. The molecule has 254 valence electrons. The highest BCUT2D eigenvalue weighted by Crippen LogP contribution is 2.45. The molecule has 10 rings (SSSR count). The number of benzene rings is 8. The smallest absolute Gasteiger partial charge is 0.171 e. The van der Waals surface area contributed by atoms with Gasteiger partial charge >= 0.3 is 0 Å². The van der Waals surface area contributed by atoms with Crippen LogP contribution >= 0.6 is 7.14 Å². The molecule has 10 aromatic rings. The molecule has 0 radical (unpaired) electrons. The Kier molecular flexibility index (Phi) is 7.71. The van der Waals surface area contributed by atoms with Crippen molar-refractivity contribution in [1.82, 2.24) is 15.0 Å². The van der Waals surface area contributed by atoms with Gasteiger partial charge in [0.1, 0.15) is 0 Å². The summed E-state index contributed by atoms with van der Waals surface area (Å²) in [5, 5.41) is 8.86. The van der Waals surface area contributed by atoms with E-state index in [4.69, 9.17) is 15.0 Å². The van der Waals surface area contributed by atoms with E-state index in [0.29, 0.717) is 5.82 Å². The maximum absolute atomic E-state index is 15.2. The first kappa shape index (κ1) is 32.0. The second kappa shape index (κ2) is 13.0. The number of para-hydroxylation sites is 2. The molecular weight excluding hydrogens is 678 g/mol. The van der Waals surface area contributed by atoms with E-state index in [1.54, 1.807) is 0 Å². The Morgan fingerprint density at radius 2 is 0.852 bits per heavy atom. The minimum Gasteiger partial charge on any atom is -0.309 e. The fraction of sp³-hybridized carbons (Fsp3) is 0. The van der Waals surface area contributed by atoms with Crippen LogP contribution in [0.4, 0.5) is 0 Å². The zero-order chi connectivity index (χ0) is 36.1. The van der Waals surface area contributed by atoms with Gasteiger partial charge in [0.15, 0.2) is 13.0 Å². The van der Waals surface area contributed by atoms with E-state index in [0.717, 1.165) is 87.3 Å². The quantitative estimate of drug-likeness (QED) is 0.127. The zero-order valence-electron chi connectivity index (χ0n) is 29.2. The first-order valence-corrected chi connectivity index (χ1v) is 19.8. The fourth-order valence-corrected chi connectivity index (χ4v) is 10.4. The molecule has 0 atom stereocenters. The summed E-state index contributed by atoms with van der Waals surface area (Å²) in [6.45, 7) is 0. The average molecular weight is 710 g/mol. The van der Waals surface area contributed by atoms with Crippen LogP contribution in [0, 0.1) is 0 Å². The van der Waals surface area contributed by atoms with Crippen molar-refractivity contribution in [1.29, 1.82) is 0 Å². The van der Waals surface area contributed by atoms with Gasteiger partial charge in [0.05, 0.1) is 22.4 Å². The van der Waals surface area contributed by atoms with Crippen molar-refractivity contribution in [3.05, 3.63) is 194 Å². The number of fused-ring (bicyclic) bond motifs is 6. The summed E-state index contributed by atoms with van der Waals surface area (Å²) in [4.78, 5) is 15.7. The van der Waals surface area contributed by atoms with Crippen LogP contribution < -0.4 is 15.9 Å². The molecule has 0 aliphatic carbocycles. The minimum absolute atomic E-state index is 0.683. The van der Waals surface area contributed by atoms with Gasteiger partial charge in [-0.3, -0.25) is 0 Å². The Hall–Kier alpha value is -6.74. The zero-order valence-corrected chi connectivity index (χ0v) is 30.1. The maximum Gasteiger partial charge on any atom is 0.171 e. The summed E-state index contributed by atoms with van der Waals surface area (Å²) in [5.41, 5.74) is 6.46. The number of pyridine rings is 1. The van der Waals surface area contributed by atoms with Crippen molar-refractivity contribution in [3.63, 3.8) is 0 Å². The lowest BCUT2D eigenvalue weighted by atomic mass is 9.90. The van der Waals surface area contributed by atoms with Gasteiger partial charge in [-0.05, 0) is 29.0 Å². The van der Waals surface area contributed by atoms with Gasteiger partial charge in [0.2, 0.25) is 0 Å². The predicted molar refractivity (Wildman–Crippen MR) is 226 cm³/mol. The largest absolute Gasteiger partial charge is 0.309 e. The van der Waals surface area contributed by atoms with Gasteiger partial charge in [-0.1, -0.05) is 176 Å². The van der Waals surface area contributed by atoms with E-state index in [2.05, 4.69) is 84.9 Å². The molecule has 0 aliphatic heterocycles. The lowest BCUT2D eigenvalue weighted by Gasteiger charge is -2.20. The van der Waals surface area contributed by atoms with Gasteiger partial charge in [-0.25, -0.2) is 15.0 Å².